The van der Waals surface area contributed by atoms with Crippen molar-refractivity contribution in [3.05, 3.63) is 42.2 Å². The largest absolute Gasteiger partial charge is 0.353 e. The van der Waals surface area contributed by atoms with Crippen molar-refractivity contribution < 1.29 is 9.59 Å². The van der Waals surface area contributed by atoms with E-state index < -0.39 is 0 Å². The van der Waals surface area contributed by atoms with E-state index in [2.05, 4.69) is 12.2 Å². The maximum absolute atomic E-state index is 12.6. The molecule has 0 atom stereocenters. The van der Waals surface area contributed by atoms with E-state index in [1.165, 1.54) is 6.08 Å². The van der Waals surface area contributed by atoms with Crippen LogP contribution in [0, 0.1) is 0 Å². The molecule has 0 radical (unpaired) electrons. The summed E-state index contributed by atoms with van der Waals surface area (Å²) in [7, 11) is 1.85. The first-order valence-corrected chi connectivity index (χ1v) is 9.65. The minimum absolute atomic E-state index is 0.0845. The second-order valence-corrected chi connectivity index (χ2v) is 6.67. The van der Waals surface area contributed by atoms with Crippen molar-refractivity contribution in [1.29, 1.82) is 0 Å². The number of amides is 2. The van der Waals surface area contributed by atoms with Crippen molar-refractivity contribution in [2.24, 2.45) is 0 Å². The zero-order valence-electron chi connectivity index (χ0n) is 16.6. The summed E-state index contributed by atoms with van der Waals surface area (Å²) >= 11 is 0. The number of hydrogen-bond acceptors (Lipinski definition) is 3. The van der Waals surface area contributed by atoms with Gasteiger partial charge in [0.2, 0.25) is 11.8 Å². The topological polar surface area (TPSA) is 67.2 Å². The van der Waals surface area contributed by atoms with Gasteiger partial charge >= 0.3 is 0 Å². The third kappa shape index (κ3) is 5.94. The van der Waals surface area contributed by atoms with Gasteiger partial charge in [0.05, 0.1) is 11.0 Å². The molecule has 2 amide bonds. The molecule has 0 aliphatic heterocycles. The molecule has 1 heterocycles. The number of hydrogen-bond donors (Lipinski definition) is 1. The zero-order chi connectivity index (χ0) is 19.6. The number of rotatable bonds is 10. The number of fused-ring (bicyclic) bond motifs is 1. The van der Waals surface area contributed by atoms with Gasteiger partial charge in [-0.15, -0.1) is 0 Å². The van der Waals surface area contributed by atoms with Crippen molar-refractivity contribution in [3.63, 3.8) is 0 Å². The lowest BCUT2D eigenvalue weighted by Crippen LogP contribution is -2.31. The van der Waals surface area contributed by atoms with Crippen LogP contribution in [0.25, 0.3) is 11.0 Å². The molecule has 0 saturated heterocycles. The number of para-hydroxylation sites is 2. The predicted molar refractivity (Wildman–Crippen MR) is 108 cm³/mol. The molecule has 1 aromatic heterocycles. The highest BCUT2D eigenvalue weighted by molar-refractivity contribution is 5.87. The smallest absolute Gasteiger partial charge is 0.243 e. The van der Waals surface area contributed by atoms with Crippen LogP contribution in [0.5, 0.6) is 0 Å². The summed E-state index contributed by atoms with van der Waals surface area (Å²) in [6.07, 6.45) is 6.78. The Morgan fingerprint density at radius 1 is 1.26 bits per heavy atom. The predicted octanol–water partition coefficient (Wildman–Crippen LogP) is 2.92. The summed E-state index contributed by atoms with van der Waals surface area (Å²) in [5.74, 6) is 0.890. The highest BCUT2D eigenvalue weighted by atomic mass is 16.2. The maximum Gasteiger partial charge on any atom is 0.243 e. The number of imidazole rings is 1. The molecule has 6 heteroatoms. The van der Waals surface area contributed by atoms with E-state index in [0.29, 0.717) is 19.5 Å². The lowest BCUT2D eigenvalue weighted by molar-refractivity contribution is -0.130. The molecule has 0 saturated carbocycles. The van der Waals surface area contributed by atoms with Crippen molar-refractivity contribution in [2.45, 2.75) is 46.1 Å². The van der Waals surface area contributed by atoms with Gasteiger partial charge in [-0.25, -0.2) is 4.98 Å². The molecular formula is C21H30N4O2. The minimum Gasteiger partial charge on any atom is -0.353 e. The van der Waals surface area contributed by atoms with Crippen LogP contribution >= 0.6 is 0 Å². The lowest BCUT2D eigenvalue weighted by atomic mass is 10.2. The van der Waals surface area contributed by atoms with Crippen LogP contribution in [0.15, 0.2) is 36.4 Å². The zero-order valence-corrected chi connectivity index (χ0v) is 16.6. The number of aryl methyl sites for hydroxylation is 1. The highest BCUT2D eigenvalue weighted by Gasteiger charge is 2.15. The summed E-state index contributed by atoms with van der Waals surface area (Å²) in [6, 6.07) is 7.89. The highest BCUT2D eigenvalue weighted by Crippen LogP contribution is 2.17. The van der Waals surface area contributed by atoms with E-state index in [1.807, 2.05) is 42.8 Å². The van der Waals surface area contributed by atoms with Crippen molar-refractivity contribution in [2.75, 3.05) is 20.1 Å². The summed E-state index contributed by atoms with van der Waals surface area (Å²) in [5.41, 5.74) is 1.87. The number of unbranched alkanes of at least 4 members (excludes halogenated alkanes) is 1. The molecule has 6 nitrogen and oxygen atoms in total. The second kappa shape index (κ2) is 10.5. The number of carbonyl (C=O) groups excluding carboxylic acids is 2. The van der Waals surface area contributed by atoms with Crippen molar-refractivity contribution in [3.8, 4) is 0 Å². The number of benzene rings is 1. The maximum atomic E-state index is 12.6. The molecule has 2 rings (SSSR count). The van der Waals surface area contributed by atoms with Crippen LogP contribution in [-0.4, -0.2) is 46.4 Å². The van der Waals surface area contributed by atoms with Gasteiger partial charge in [-0.1, -0.05) is 31.6 Å². The van der Waals surface area contributed by atoms with E-state index >= 15 is 0 Å². The minimum atomic E-state index is -0.0845. The van der Waals surface area contributed by atoms with Gasteiger partial charge in [0.15, 0.2) is 0 Å². The van der Waals surface area contributed by atoms with Gasteiger partial charge in [0.1, 0.15) is 12.4 Å². The van der Waals surface area contributed by atoms with E-state index in [-0.39, 0.29) is 11.8 Å². The summed E-state index contributed by atoms with van der Waals surface area (Å²) in [5, 5.41) is 2.85. The molecule has 0 fully saturated rings. The third-order valence-electron chi connectivity index (χ3n) is 4.49. The Bertz CT molecular complexity index is 795. The fourth-order valence-electron chi connectivity index (χ4n) is 2.94. The fourth-order valence-corrected chi connectivity index (χ4v) is 2.94. The SMILES string of the molecule is C/C=C\C(=O)NCCCc1nc2ccccc2n1CC(=O)N(C)CCCC. The summed E-state index contributed by atoms with van der Waals surface area (Å²) < 4.78 is 2.01. The molecule has 1 N–H and O–H groups in total. The third-order valence-corrected chi connectivity index (χ3v) is 4.49. The Hall–Kier alpha value is -2.63. The van der Waals surface area contributed by atoms with Crippen LogP contribution in [0.3, 0.4) is 0 Å². The molecule has 0 aliphatic rings. The summed E-state index contributed by atoms with van der Waals surface area (Å²) in [6.45, 7) is 5.58. The average Bonchev–Trinajstić information content (AvgIpc) is 3.01. The van der Waals surface area contributed by atoms with Gasteiger partial charge in [0.25, 0.3) is 0 Å². The number of carbonyl (C=O) groups is 2. The van der Waals surface area contributed by atoms with Gasteiger partial charge < -0.3 is 14.8 Å². The number of nitrogens with one attached hydrogen (secondary N) is 1. The normalized spacial score (nSPS) is 11.2. The average molecular weight is 370 g/mol. The Morgan fingerprint density at radius 2 is 2.04 bits per heavy atom. The lowest BCUT2D eigenvalue weighted by Gasteiger charge is -2.18. The Kier molecular flexibility index (Phi) is 8.04. The molecule has 146 valence electrons. The molecule has 27 heavy (non-hydrogen) atoms. The van der Waals surface area contributed by atoms with Crippen LogP contribution in [0.4, 0.5) is 0 Å². The van der Waals surface area contributed by atoms with Gasteiger partial charge in [-0.3, -0.25) is 9.59 Å². The first-order valence-electron chi connectivity index (χ1n) is 9.65. The van der Waals surface area contributed by atoms with E-state index in [0.717, 1.165) is 42.7 Å². The Morgan fingerprint density at radius 3 is 2.78 bits per heavy atom. The number of nitrogens with zero attached hydrogens (tertiary/aromatic N) is 3. The van der Waals surface area contributed by atoms with Gasteiger partial charge in [0, 0.05) is 26.6 Å². The summed E-state index contributed by atoms with van der Waals surface area (Å²) in [4.78, 5) is 30.6. The molecule has 0 unspecified atom stereocenters. The standard InChI is InChI=1S/C21H30N4O2/c1-4-6-15-24(3)21(27)16-25-18-12-8-7-11-17(18)23-19(25)13-9-14-22-20(26)10-5-2/h5,7-8,10-12H,4,6,9,13-16H2,1-3H3,(H,22,26)/b10-5-. The van der Waals surface area contributed by atoms with Crippen molar-refractivity contribution in [1.82, 2.24) is 19.8 Å². The van der Waals surface area contributed by atoms with E-state index in [1.54, 1.807) is 11.0 Å². The van der Waals surface area contributed by atoms with Gasteiger partial charge in [-0.05, 0) is 38.0 Å². The van der Waals surface area contributed by atoms with Crippen LogP contribution < -0.4 is 5.32 Å². The molecule has 1 aromatic carbocycles. The fraction of sp³-hybridized carbons (Fsp3) is 0.476. The first kappa shape index (κ1) is 20.7. The quantitative estimate of drug-likeness (QED) is 0.516. The van der Waals surface area contributed by atoms with Crippen molar-refractivity contribution >= 4 is 22.8 Å². The van der Waals surface area contributed by atoms with Gasteiger partial charge in [-0.2, -0.15) is 0 Å². The van der Waals surface area contributed by atoms with E-state index in [4.69, 9.17) is 4.98 Å². The molecule has 0 bridgehead atoms. The van der Waals surface area contributed by atoms with E-state index in [9.17, 15) is 9.59 Å². The van der Waals surface area contributed by atoms with Crippen LogP contribution in [0.2, 0.25) is 0 Å². The molecule has 0 spiro atoms. The molecule has 0 aliphatic carbocycles. The number of aromatic nitrogens is 2. The number of allylic oxidation sites excluding steroid dienone is 1. The second-order valence-electron chi connectivity index (χ2n) is 6.67. The van der Waals surface area contributed by atoms with Crippen LogP contribution in [-0.2, 0) is 22.6 Å². The Labute approximate surface area is 161 Å². The monoisotopic (exact) mass is 370 g/mol. The van der Waals surface area contributed by atoms with Crippen LogP contribution in [0.1, 0.15) is 38.9 Å². The number of likely N-dealkylation sites (N-methyl/N-ethyl adjacent to an activating group) is 1. The molecule has 2 aromatic rings. The first-order chi connectivity index (χ1) is 13.1. The Balaban J connectivity index is 2.08. The molecular weight excluding hydrogens is 340 g/mol.